The number of rotatable bonds is 7. The summed E-state index contributed by atoms with van der Waals surface area (Å²) in [7, 11) is 4.06. The maximum atomic E-state index is 12.3. The molecule has 9 heteroatoms. The van der Waals surface area contributed by atoms with Crippen molar-refractivity contribution in [3.8, 4) is 34.2 Å². The molecule has 0 unspecified atom stereocenters. The summed E-state index contributed by atoms with van der Waals surface area (Å²) in [6.45, 7) is 1.57. The van der Waals surface area contributed by atoms with E-state index < -0.39 is 11.9 Å². The van der Waals surface area contributed by atoms with Gasteiger partial charge in [-0.05, 0) is 44.8 Å². The molecule has 0 bridgehead atoms. The van der Waals surface area contributed by atoms with Crippen LogP contribution in [-0.2, 0) is 9.59 Å². The van der Waals surface area contributed by atoms with Gasteiger partial charge >= 0.3 is 11.9 Å². The fraction of sp³-hybridized carbons (Fsp3) is 0.185. The number of hydrogen-bond donors (Lipinski definition) is 0. The van der Waals surface area contributed by atoms with Crippen molar-refractivity contribution in [2.45, 2.75) is 6.42 Å². The first kappa shape index (κ1) is 23.3. The number of benzene rings is 2. The SMILES string of the molecule is CN(C)CCCOc1ccc(-n2nc(-c3ccccc3)c3c4c(cnc32)OC(=O)/C=C\C(=O)O4)cc1. The lowest BCUT2D eigenvalue weighted by atomic mass is 10.1. The van der Waals surface area contributed by atoms with E-state index in [0.29, 0.717) is 23.3 Å². The molecule has 0 N–H and O–H groups in total. The van der Waals surface area contributed by atoms with Crippen LogP contribution in [-0.4, -0.2) is 58.8 Å². The van der Waals surface area contributed by atoms with E-state index in [4.69, 9.17) is 19.3 Å². The minimum Gasteiger partial charge on any atom is -0.494 e. The maximum absolute atomic E-state index is 12.3. The van der Waals surface area contributed by atoms with E-state index in [1.807, 2.05) is 68.7 Å². The lowest BCUT2D eigenvalue weighted by Crippen LogP contribution is -2.15. The Labute approximate surface area is 207 Å². The van der Waals surface area contributed by atoms with Crippen LogP contribution >= 0.6 is 0 Å². The highest BCUT2D eigenvalue weighted by Crippen LogP contribution is 2.41. The fourth-order valence-corrected chi connectivity index (χ4v) is 3.86. The number of ether oxygens (including phenoxy) is 3. The largest absolute Gasteiger partial charge is 0.494 e. The predicted octanol–water partition coefficient (Wildman–Crippen LogP) is 3.80. The van der Waals surface area contributed by atoms with E-state index in [2.05, 4.69) is 9.88 Å². The summed E-state index contributed by atoms with van der Waals surface area (Å²) in [5, 5.41) is 5.28. The van der Waals surface area contributed by atoms with Gasteiger partial charge < -0.3 is 19.1 Å². The number of pyridine rings is 1. The zero-order chi connectivity index (χ0) is 25.1. The zero-order valence-electron chi connectivity index (χ0n) is 19.9. The first-order valence-corrected chi connectivity index (χ1v) is 11.5. The smallest absolute Gasteiger partial charge is 0.336 e. The van der Waals surface area contributed by atoms with Crippen LogP contribution in [0.25, 0.3) is 28.0 Å². The second kappa shape index (κ2) is 10.0. The number of carbonyl (C=O) groups excluding carboxylic acids is 2. The topological polar surface area (TPSA) is 95.8 Å². The van der Waals surface area contributed by atoms with Crippen molar-refractivity contribution in [3.63, 3.8) is 0 Å². The van der Waals surface area contributed by atoms with E-state index >= 15 is 0 Å². The average Bonchev–Trinajstić information content (AvgIpc) is 3.26. The standard InChI is InChI=1S/C27H24N4O5/c1-30(2)15-6-16-34-20-11-9-19(10-12-20)31-27-24(25(29-31)18-7-4-3-5-8-18)26-21(17-28-27)35-22(32)13-14-23(33)36-26/h3-5,7-14,17H,6,15-16H2,1-2H3/b14-13-. The molecule has 1 aliphatic rings. The van der Waals surface area contributed by atoms with Gasteiger partial charge in [0.2, 0.25) is 0 Å². The molecule has 1 aliphatic heterocycles. The number of esters is 2. The van der Waals surface area contributed by atoms with Crippen LogP contribution in [0.15, 0.2) is 72.9 Å². The molecule has 5 rings (SSSR count). The molecule has 0 atom stereocenters. The van der Waals surface area contributed by atoms with Crippen molar-refractivity contribution in [3.05, 3.63) is 72.9 Å². The van der Waals surface area contributed by atoms with Crippen molar-refractivity contribution in [1.29, 1.82) is 0 Å². The molecule has 0 fully saturated rings. The molecule has 0 spiro atoms. The molecule has 36 heavy (non-hydrogen) atoms. The monoisotopic (exact) mass is 484 g/mol. The van der Waals surface area contributed by atoms with Crippen LogP contribution in [0.2, 0.25) is 0 Å². The molecule has 9 nitrogen and oxygen atoms in total. The zero-order valence-corrected chi connectivity index (χ0v) is 19.9. The molecule has 3 heterocycles. The Bertz CT molecular complexity index is 1440. The maximum Gasteiger partial charge on any atom is 0.336 e. The average molecular weight is 485 g/mol. The molecular formula is C27H24N4O5. The number of carbonyl (C=O) groups is 2. The number of fused-ring (bicyclic) bond motifs is 3. The van der Waals surface area contributed by atoms with Gasteiger partial charge in [-0.2, -0.15) is 5.10 Å². The van der Waals surface area contributed by atoms with Gasteiger partial charge in [-0.15, -0.1) is 0 Å². The third kappa shape index (κ3) is 4.82. The van der Waals surface area contributed by atoms with E-state index in [9.17, 15) is 9.59 Å². The fourth-order valence-electron chi connectivity index (χ4n) is 3.86. The van der Waals surface area contributed by atoms with Crippen LogP contribution in [0.1, 0.15) is 6.42 Å². The minimum atomic E-state index is -0.692. The van der Waals surface area contributed by atoms with Crippen LogP contribution in [0.5, 0.6) is 17.2 Å². The van der Waals surface area contributed by atoms with Crippen molar-refractivity contribution >= 4 is 23.0 Å². The second-order valence-corrected chi connectivity index (χ2v) is 8.45. The molecule has 4 aromatic rings. The number of aromatic nitrogens is 3. The third-order valence-electron chi connectivity index (χ3n) is 5.53. The second-order valence-electron chi connectivity index (χ2n) is 8.45. The molecule has 0 saturated heterocycles. The molecule has 0 saturated carbocycles. The van der Waals surface area contributed by atoms with Gasteiger partial charge in [0.05, 0.1) is 23.9 Å². The summed E-state index contributed by atoms with van der Waals surface area (Å²) in [6, 6.07) is 17.0. The van der Waals surface area contributed by atoms with Gasteiger partial charge in [0.15, 0.2) is 17.1 Å². The predicted molar refractivity (Wildman–Crippen MR) is 133 cm³/mol. The highest BCUT2D eigenvalue weighted by molar-refractivity contribution is 6.03. The van der Waals surface area contributed by atoms with Crippen molar-refractivity contribution in [1.82, 2.24) is 19.7 Å². The van der Waals surface area contributed by atoms with Crippen LogP contribution in [0.4, 0.5) is 0 Å². The van der Waals surface area contributed by atoms with Crippen LogP contribution in [0, 0.1) is 0 Å². The lowest BCUT2D eigenvalue weighted by Gasteiger charge is -2.12. The van der Waals surface area contributed by atoms with Gasteiger partial charge in [0.25, 0.3) is 0 Å². The van der Waals surface area contributed by atoms with E-state index in [1.54, 1.807) is 4.68 Å². The van der Waals surface area contributed by atoms with Gasteiger partial charge in [-0.25, -0.2) is 19.3 Å². The first-order chi connectivity index (χ1) is 17.5. The first-order valence-electron chi connectivity index (χ1n) is 11.5. The number of nitrogens with zero attached hydrogens (tertiary/aromatic N) is 4. The van der Waals surface area contributed by atoms with Gasteiger partial charge in [-0.1, -0.05) is 30.3 Å². The number of hydrogen-bond acceptors (Lipinski definition) is 8. The minimum absolute atomic E-state index is 0.0448. The highest BCUT2D eigenvalue weighted by Gasteiger charge is 2.26. The Morgan fingerprint density at radius 2 is 1.67 bits per heavy atom. The molecule has 0 amide bonds. The summed E-state index contributed by atoms with van der Waals surface area (Å²) in [4.78, 5) is 31.0. The summed E-state index contributed by atoms with van der Waals surface area (Å²) in [5.74, 6) is -0.494. The Hall–Kier alpha value is -4.50. The molecule has 0 aliphatic carbocycles. The van der Waals surface area contributed by atoms with Gasteiger partial charge in [0, 0.05) is 24.3 Å². The summed E-state index contributed by atoms with van der Waals surface area (Å²) < 4.78 is 18.4. The van der Waals surface area contributed by atoms with Crippen LogP contribution in [0.3, 0.4) is 0 Å². The molecule has 2 aromatic heterocycles. The molecule has 2 aromatic carbocycles. The molecule has 182 valence electrons. The Morgan fingerprint density at radius 1 is 0.944 bits per heavy atom. The molecular weight excluding hydrogens is 460 g/mol. The lowest BCUT2D eigenvalue weighted by molar-refractivity contribution is -0.133. The van der Waals surface area contributed by atoms with Crippen LogP contribution < -0.4 is 14.2 Å². The van der Waals surface area contributed by atoms with Crippen molar-refractivity contribution < 1.29 is 23.8 Å². The molecule has 0 radical (unpaired) electrons. The Balaban J connectivity index is 1.58. The Morgan fingerprint density at radius 3 is 2.39 bits per heavy atom. The highest BCUT2D eigenvalue weighted by atomic mass is 16.6. The van der Waals surface area contributed by atoms with E-state index in [-0.39, 0.29) is 11.5 Å². The van der Waals surface area contributed by atoms with E-state index in [0.717, 1.165) is 42.1 Å². The van der Waals surface area contributed by atoms with E-state index in [1.165, 1.54) is 6.20 Å². The summed E-state index contributed by atoms with van der Waals surface area (Å²) >= 11 is 0. The van der Waals surface area contributed by atoms with Crippen molar-refractivity contribution in [2.75, 3.05) is 27.2 Å². The van der Waals surface area contributed by atoms with Gasteiger partial charge in [0.1, 0.15) is 11.4 Å². The summed E-state index contributed by atoms with van der Waals surface area (Å²) in [5.41, 5.74) is 2.51. The van der Waals surface area contributed by atoms with Gasteiger partial charge in [-0.3, -0.25) is 0 Å². The quantitative estimate of drug-likeness (QED) is 0.289. The Kier molecular flexibility index (Phi) is 6.46. The summed E-state index contributed by atoms with van der Waals surface area (Å²) in [6.07, 6.45) is 4.33. The third-order valence-corrected chi connectivity index (χ3v) is 5.53. The normalized spacial score (nSPS) is 14.1. The van der Waals surface area contributed by atoms with Crippen molar-refractivity contribution in [2.24, 2.45) is 0 Å².